The van der Waals surface area contributed by atoms with Crippen LogP contribution in [0.4, 0.5) is 5.82 Å². The molecule has 1 aliphatic rings. The zero-order valence-electron chi connectivity index (χ0n) is 10.1. The van der Waals surface area contributed by atoms with E-state index in [-0.39, 0.29) is 13.2 Å². The van der Waals surface area contributed by atoms with Gasteiger partial charge in [0.25, 0.3) is 0 Å². The van der Waals surface area contributed by atoms with E-state index in [2.05, 4.69) is 9.88 Å². The van der Waals surface area contributed by atoms with Gasteiger partial charge in [0, 0.05) is 31.3 Å². The fraction of sp³-hybridized carbons (Fsp3) is 0.583. The first-order valence-corrected chi connectivity index (χ1v) is 7.12. The number of hydrogen-bond donors (Lipinski definition) is 2. The molecule has 2 aromatic rings. The Morgan fingerprint density at radius 2 is 2.11 bits per heavy atom. The molecule has 0 radical (unpaired) electrons. The van der Waals surface area contributed by atoms with E-state index in [0.29, 0.717) is 5.92 Å². The average Bonchev–Trinajstić information content (AvgIpc) is 2.98. The molecule has 5 nitrogen and oxygen atoms in total. The molecule has 0 aromatic carbocycles. The summed E-state index contributed by atoms with van der Waals surface area (Å²) in [6.07, 6.45) is 3.93. The van der Waals surface area contributed by atoms with Gasteiger partial charge in [0.1, 0.15) is 0 Å². The van der Waals surface area contributed by atoms with Crippen LogP contribution in [-0.4, -0.2) is 39.3 Å². The molecule has 3 heterocycles. The van der Waals surface area contributed by atoms with Crippen LogP contribution in [0.5, 0.6) is 0 Å². The molecule has 0 unspecified atom stereocenters. The molecular weight excluding hydrogens is 250 g/mol. The van der Waals surface area contributed by atoms with E-state index in [9.17, 15) is 5.11 Å². The Kier molecular flexibility index (Phi) is 3.23. The van der Waals surface area contributed by atoms with Gasteiger partial charge in [-0.2, -0.15) is 0 Å². The highest BCUT2D eigenvalue weighted by molar-refractivity contribution is 7.15. The number of aromatic nitrogens is 2. The normalized spacial score (nSPS) is 17.8. The smallest absolute Gasteiger partial charge is 0.195 e. The molecule has 0 atom stereocenters. The van der Waals surface area contributed by atoms with Crippen molar-refractivity contribution in [2.75, 3.05) is 24.6 Å². The summed E-state index contributed by atoms with van der Waals surface area (Å²) < 4.78 is 1.96. The largest absolute Gasteiger partial charge is 0.396 e. The first kappa shape index (κ1) is 12.0. The van der Waals surface area contributed by atoms with Crippen molar-refractivity contribution < 1.29 is 10.2 Å². The van der Waals surface area contributed by atoms with Gasteiger partial charge in [-0.1, -0.05) is 0 Å². The lowest BCUT2D eigenvalue weighted by molar-refractivity contribution is 0.202. The monoisotopic (exact) mass is 267 g/mol. The molecule has 18 heavy (non-hydrogen) atoms. The molecule has 0 amide bonds. The molecule has 2 N–H and O–H groups in total. The van der Waals surface area contributed by atoms with E-state index < -0.39 is 0 Å². The second-order valence-electron chi connectivity index (χ2n) is 4.71. The summed E-state index contributed by atoms with van der Waals surface area (Å²) in [5.41, 5.74) is 0.869. The van der Waals surface area contributed by atoms with Crippen LogP contribution in [0.15, 0.2) is 11.6 Å². The number of rotatable bonds is 3. The molecule has 0 saturated carbocycles. The van der Waals surface area contributed by atoms with Gasteiger partial charge in [0.05, 0.1) is 12.3 Å². The highest BCUT2D eigenvalue weighted by atomic mass is 32.1. The predicted molar refractivity (Wildman–Crippen MR) is 71.0 cm³/mol. The molecule has 0 spiro atoms. The van der Waals surface area contributed by atoms with Gasteiger partial charge in [-0.3, -0.25) is 4.40 Å². The third-order valence-corrected chi connectivity index (χ3v) is 4.42. The first-order chi connectivity index (χ1) is 8.83. The lowest BCUT2D eigenvalue weighted by atomic mass is 9.98. The van der Waals surface area contributed by atoms with Crippen LogP contribution < -0.4 is 4.90 Å². The SMILES string of the molecule is OCc1c(N2CCC(CO)CC2)nc2sccn12. The van der Waals surface area contributed by atoms with E-state index in [4.69, 9.17) is 5.11 Å². The van der Waals surface area contributed by atoms with Crippen LogP contribution in [0.25, 0.3) is 4.96 Å². The summed E-state index contributed by atoms with van der Waals surface area (Å²) in [6.45, 7) is 2.10. The Bertz CT molecular complexity index is 528. The number of imidazole rings is 1. The summed E-state index contributed by atoms with van der Waals surface area (Å²) in [4.78, 5) is 7.75. The Balaban J connectivity index is 1.87. The number of nitrogens with zero attached hydrogens (tertiary/aromatic N) is 3. The number of aliphatic hydroxyl groups is 2. The Labute approximate surface area is 109 Å². The van der Waals surface area contributed by atoms with Crippen molar-refractivity contribution in [2.24, 2.45) is 5.92 Å². The van der Waals surface area contributed by atoms with Crippen LogP contribution in [0.2, 0.25) is 0 Å². The molecule has 98 valence electrons. The summed E-state index contributed by atoms with van der Waals surface area (Å²) in [5, 5.41) is 20.7. The number of aliphatic hydroxyl groups excluding tert-OH is 2. The maximum Gasteiger partial charge on any atom is 0.195 e. The van der Waals surface area contributed by atoms with E-state index in [1.807, 2.05) is 16.0 Å². The van der Waals surface area contributed by atoms with Crippen molar-refractivity contribution in [1.82, 2.24) is 9.38 Å². The second kappa shape index (κ2) is 4.87. The zero-order chi connectivity index (χ0) is 12.5. The van der Waals surface area contributed by atoms with Crippen LogP contribution >= 0.6 is 11.3 Å². The minimum atomic E-state index is 0.00711. The maximum absolute atomic E-state index is 9.53. The van der Waals surface area contributed by atoms with E-state index in [0.717, 1.165) is 42.4 Å². The van der Waals surface area contributed by atoms with Crippen LogP contribution in [0.1, 0.15) is 18.5 Å². The minimum absolute atomic E-state index is 0.00711. The highest BCUT2D eigenvalue weighted by Gasteiger charge is 2.23. The van der Waals surface area contributed by atoms with Crippen molar-refractivity contribution in [2.45, 2.75) is 19.4 Å². The Morgan fingerprint density at radius 1 is 1.33 bits per heavy atom. The van der Waals surface area contributed by atoms with Crippen molar-refractivity contribution in [1.29, 1.82) is 0 Å². The number of thiazole rings is 1. The van der Waals surface area contributed by atoms with E-state index >= 15 is 0 Å². The molecule has 2 aromatic heterocycles. The van der Waals surface area contributed by atoms with Crippen molar-refractivity contribution in [3.05, 3.63) is 17.3 Å². The van der Waals surface area contributed by atoms with E-state index in [1.165, 1.54) is 0 Å². The van der Waals surface area contributed by atoms with Gasteiger partial charge in [0.15, 0.2) is 10.8 Å². The Hall–Kier alpha value is -1.11. The first-order valence-electron chi connectivity index (χ1n) is 6.24. The molecule has 3 rings (SSSR count). The Morgan fingerprint density at radius 3 is 2.78 bits per heavy atom. The molecule has 1 fully saturated rings. The van der Waals surface area contributed by atoms with Crippen molar-refractivity contribution >= 4 is 22.1 Å². The summed E-state index contributed by atoms with van der Waals surface area (Å²) in [7, 11) is 0. The lowest BCUT2D eigenvalue weighted by Gasteiger charge is -2.31. The number of fused-ring (bicyclic) bond motifs is 1. The molecule has 0 aliphatic carbocycles. The summed E-state index contributed by atoms with van der Waals surface area (Å²) in [6, 6.07) is 0. The van der Waals surface area contributed by atoms with Gasteiger partial charge in [0.2, 0.25) is 0 Å². The van der Waals surface area contributed by atoms with Crippen molar-refractivity contribution in [3.63, 3.8) is 0 Å². The predicted octanol–water partition coefficient (Wildman–Crippen LogP) is 1.10. The van der Waals surface area contributed by atoms with Gasteiger partial charge >= 0.3 is 0 Å². The third-order valence-electron chi connectivity index (χ3n) is 3.66. The van der Waals surface area contributed by atoms with Gasteiger partial charge in [-0.15, -0.1) is 11.3 Å². The van der Waals surface area contributed by atoms with Gasteiger partial charge in [-0.05, 0) is 18.8 Å². The zero-order valence-corrected chi connectivity index (χ0v) is 10.9. The summed E-state index contributed by atoms with van der Waals surface area (Å²) in [5.74, 6) is 1.32. The quantitative estimate of drug-likeness (QED) is 0.874. The van der Waals surface area contributed by atoms with E-state index in [1.54, 1.807) is 11.3 Å². The maximum atomic E-state index is 9.53. The minimum Gasteiger partial charge on any atom is -0.396 e. The second-order valence-corrected chi connectivity index (χ2v) is 5.58. The average molecular weight is 267 g/mol. The van der Waals surface area contributed by atoms with Crippen LogP contribution in [0, 0.1) is 5.92 Å². The molecule has 1 aliphatic heterocycles. The molecular formula is C12H17N3O2S. The van der Waals surface area contributed by atoms with Gasteiger partial charge in [-0.25, -0.2) is 4.98 Å². The standard InChI is InChI=1S/C12H17N3O2S/c16-7-9-1-3-14(4-2-9)11-10(8-17)15-5-6-18-12(15)13-11/h5-6,9,16-17H,1-4,7-8H2. The van der Waals surface area contributed by atoms with Gasteiger partial charge < -0.3 is 15.1 Å². The van der Waals surface area contributed by atoms with Crippen LogP contribution in [0.3, 0.4) is 0 Å². The van der Waals surface area contributed by atoms with Crippen molar-refractivity contribution in [3.8, 4) is 0 Å². The lowest BCUT2D eigenvalue weighted by Crippen LogP contribution is -2.35. The third kappa shape index (κ3) is 1.90. The number of piperidine rings is 1. The fourth-order valence-corrected chi connectivity index (χ4v) is 3.28. The number of hydrogen-bond acceptors (Lipinski definition) is 5. The summed E-state index contributed by atoms with van der Waals surface area (Å²) >= 11 is 1.58. The number of anilines is 1. The topological polar surface area (TPSA) is 61.0 Å². The highest BCUT2D eigenvalue weighted by Crippen LogP contribution is 2.28. The molecule has 6 heteroatoms. The molecule has 1 saturated heterocycles. The van der Waals surface area contributed by atoms with Crippen LogP contribution in [-0.2, 0) is 6.61 Å². The fourth-order valence-electron chi connectivity index (χ4n) is 2.55. The molecule has 0 bridgehead atoms.